The molecular formula is C21H22N6O2. The number of non-ortho nitro benzene ring substituents is 1. The van der Waals surface area contributed by atoms with Crippen molar-refractivity contribution in [2.24, 2.45) is 0 Å². The first-order valence-corrected chi connectivity index (χ1v) is 9.57. The summed E-state index contributed by atoms with van der Waals surface area (Å²) < 4.78 is 0. The first kappa shape index (κ1) is 18.9. The van der Waals surface area contributed by atoms with Crippen LogP contribution in [0.1, 0.15) is 13.8 Å². The van der Waals surface area contributed by atoms with Crippen LogP contribution in [0.4, 0.5) is 11.5 Å². The van der Waals surface area contributed by atoms with Crippen molar-refractivity contribution in [3.63, 3.8) is 0 Å². The van der Waals surface area contributed by atoms with Gasteiger partial charge in [-0.2, -0.15) is 0 Å². The average Bonchev–Trinajstić information content (AvgIpc) is 2.73. The number of anilines is 1. The van der Waals surface area contributed by atoms with E-state index in [4.69, 9.17) is 4.98 Å². The standard InChI is InChI=1S/C21H22N6O2/c1-14-12-26(13-15(2)22-14)21-19(16-6-4-3-5-7-16)24-25-20(23-21)17-8-10-18(11-9-17)27(28)29/h3-11,14-15,22H,12-13H2,1-2H3/t14-,15-/m1/s1. The number of hydrogen-bond donors (Lipinski definition) is 1. The van der Waals surface area contributed by atoms with Gasteiger partial charge in [-0.05, 0) is 26.0 Å². The highest BCUT2D eigenvalue weighted by Crippen LogP contribution is 2.30. The zero-order valence-electron chi connectivity index (χ0n) is 16.3. The summed E-state index contributed by atoms with van der Waals surface area (Å²) in [6.45, 7) is 5.92. The summed E-state index contributed by atoms with van der Waals surface area (Å²) >= 11 is 0. The summed E-state index contributed by atoms with van der Waals surface area (Å²) in [6.07, 6.45) is 0. The van der Waals surface area contributed by atoms with Crippen molar-refractivity contribution in [3.05, 3.63) is 64.7 Å². The largest absolute Gasteiger partial charge is 0.352 e. The summed E-state index contributed by atoms with van der Waals surface area (Å²) in [4.78, 5) is 17.6. The molecule has 2 atom stereocenters. The molecule has 1 N–H and O–H groups in total. The monoisotopic (exact) mass is 390 g/mol. The van der Waals surface area contributed by atoms with Gasteiger partial charge >= 0.3 is 0 Å². The van der Waals surface area contributed by atoms with E-state index in [0.717, 1.165) is 30.2 Å². The molecule has 1 saturated heterocycles. The maximum Gasteiger partial charge on any atom is 0.269 e. The molecule has 4 rings (SSSR count). The molecule has 0 bridgehead atoms. The highest BCUT2D eigenvalue weighted by Gasteiger charge is 2.26. The molecule has 0 saturated carbocycles. The second-order valence-corrected chi connectivity index (χ2v) is 7.35. The number of piperazine rings is 1. The Bertz CT molecular complexity index is 999. The Balaban J connectivity index is 1.78. The third-order valence-electron chi connectivity index (χ3n) is 4.91. The van der Waals surface area contributed by atoms with Crippen LogP contribution >= 0.6 is 0 Å². The van der Waals surface area contributed by atoms with Crippen molar-refractivity contribution >= 4 is 11.5 Å². The van der Waals surface area contributed by atoms with Crippen molar-refractivity contribution in [2.75, 3.05) is 18.0 Å². The molecule has 8 nitrogen and oxygen atoms in total. The van der Waals surface area contributed by atoms with Gasteiger partial charge in [-0.1, -0.05) is 30.3 Å². The molecule has 1 aromatic heterocycles. The number of rotatable bonds is 4. The van der Waals surface area contributed by atoms with Crippen LogP contribution in [-0.2, 0) is 0 Å². The third kappa shape index (κ3) is 4.07. The number of aromatic nitrogens is 3. The minimum absolute atomic E-state index is 0.0348. The minimum Gasteiger partial charge on any atom is -0.352 e. The maximum absolute atomic E-state index is 10.9. The van der Waals surface area contributed by atoms with Gasteiger partial charge in [0.25, 0.3) is 5.69 Å². The van der Waals surface area contributed by atoms with E-state index in [1.807, 2.05) is 30.3 Å². The fraction of sp³-hybridized carbons (Fsp3) is 0.286. The molecule has 2 heterocycles. The van der Waals surface area contributed by atoms with Gasteiger partial charge < -0.3 is 10.2 Å². The lowest BCUT2D eigenvalue weighted by Gasteiger charge is -2.37. The summed E-state index contributed by atoms with van der Waals surface area (Å²) in [6, 6.07) is 16.8. The number of nitro groups is 1. The average molecular weight is 390 g/mol. The van der Waals surface area contributed by atoms with Crippen LogP contribution in [0.3, 0.4) is 0 Å². The Hall–Kier alpha value is -3.39. The van der Waals surface area contributed by atoms with Crippen LogP contribution in [0.5, 0.6) is 0 Å². The lowest BCUT2D eigenvalue weighted by Crippen LogP contribution is -2.54. The number of nitrogens with one attached hydrogen (secondary N) is 1. The molecule has 1 aliphatic heterocycles. The number of nitrogens with zero attached hydrogens (tertiary/aromatic N) is 5. The summed E-state index contributed by atoms with van der Waals surface area (Å²) in [5.41, 5.74) is 2.42. The second kappa shape index (κ2) is 7.92. The molecule has 1 aliphatic rings. The number of nitro benzene ring substituents is 1. The van der Waals surface area contributed by atoms with Crippen LogP contribution in [0, 0.1) is 10.1 Å². The van der Waals surface area contributed by atoms with Crippen molar-refractivity contribution in [1.82, 2.24) is 20.5 Å². The maximum atomic E-state index is 10.9. The molecule has 2 aromatic carbocycles. The zero-order chi connectivity index (χ0) is 20.4. The Morgan fingerprint density at radius 3 is 2.24 bits per heavy atom. The van der Waals surface area contributed by atoms with Gasteiger partial charge in [0, 0.05) is 48.4 Å². The highest BCUT2D eigenvalue weighted by atomic mass is 16.6. The smallest absolute Gasteiger partial charge is 0.269 e. The predicted octanol–water partition coefficient (Wildman–Crippen LogP) is 3.30. The van der Waals surface area contributed by atoms with Crippen LogP contribution in [0.2, 0.25) is 0 Å². The molecule has 0 radical (unpaired) electrons. The molecule has 3 aromatic rings. The Morgan fingerprint density at radius 2 is 1.62 bits per heavy atom. The van der Waals surface area contributed by atoms with Crippen molar-refractivity contribution in [1.29, 1.82) is 0 Å². The van der Waals surface area contributed by atoms with E-state index in [1.54, 1.807) is 12.1 Å². The van der Waals surface area contributed by atoms with E-state index in [2.05, 4.69) is 34.3 Å². The lowest BCUT2D eigenvalue weighted by atomic mass is 10.1. The van der Waals surface area contributed by atoms with E-state index in [0.29, 0.717) is 23.5 Å². The van der Waals surface area contributed by atoms with Crippen molar-refractivity contribution in [2.45, 2.75) is 25.9 Å². The summed E-state index contributed by atoms with van der Waals surface area (Å²) in [5.74, 6) is 1.23. The van der Waals surface area contributed by atoms with Gasteiger partial charge in [-0.25, -0.2) is 4.98 Å². The van der Waals surface area contributed by atoms with Crippen LogP contribution in [0.15, 0.2) is 54.6 Å². The molecule has 0 spiro atoms. The van der Waals surface area contributed by atoms with Gasteiger partial charge in [0.15, 0.2) is 11.6 Å². The topological polar surface area (TPSA) is 97.1 Å². The zero-order valence-corrected chi connectivity index (χ0v) is 16.3. The molecule has 0 unspecified atom stereocenters. The molecule has 1 fully saturated rings. The van der Waals surface area contributed by atoms with Gasteiger partial charge in [0.05, 0.1) is 4.92 Å². The van der Waals surface area contributed by atoms with Gasteiger partial charge in [0.2, 0.25) is 0 Å². The molecule has 0 amide bonds. The Kier molecular flexibility index (Phi) is 5.18. The molecule has 0 aliphatic carbocycles. The van der Waals surface area contributed by atoms with E-state index in [-0.39, 0.29) is 5.69 Å². The minimum atomic E-state index is -0.420. The van der Waals surface area contributed by atoms with Crippen molar-refractivity contribution < 1.29 is 4.92 Å². The molecule has 8 heteroatoms. The SMILES string of the molecule is C[C@@H]1CN(c2nc(-c3ccc([N+](=O)[O-])cc3)nnc2-c2ccccc2)C[C@@H](C)N1. The Labute approximate surface area is 168 Å². The van der Waals surface area contributed by atoms with Gasteiger partial charge in [0.1, 0.15) is 5.69 Å². The fourth-order valence-electron chi connectivity index (χ4n) is 3.68. The van der Waals surface area contributed by atoms with Crippen LogP contribution in [0.25, 0.3) is 22.6 Å². The highest BCUT2D eigenvalue weighted by molar-refractivity contribution is 5.73. The number of hydrogen-bond acceptors (Lipinski definition) is 7. The molecular weight excluding hydrogens is 368 g/mol. The van der Waals surface area contributed by atoms with E-state index in [9.17, 15) is 10.1 Å². The van der Waals surface area contributed by atoms with E-state index in [1.165, 1.54) is 12.1 Å². The Morgan fingerprint density at radius 1 is 0.966 bits per heavy atom. The van der Waals surface area contributed by atoms with Crippen molar-refractivity contribution in [3.8, 4) is 22.6 Å². The normalized spacial score (nSPS) is 19.2. The second-order valence-electron chi connectivity index (χ2n) is 7.35. The quantitative estimate of drug-likeness (QED) is 0.539. The lowest BCUT2D eigenvalue weighted by molar-refractivity contribution is -0.384. The van der Waals surface area contributed by atoms with E-state index >= 15 is 0 Å². The predicted molar refractivity (Wildman–Crippen MR) is 112 cm³/mol. The first-order chi connectivity index (χ1) is 14.0. The first-order valence-electron chi connectivity index (χ1n) is 9.57. The molecule has 148 valence electrons. The number of benzene rings is 2. The fourth-order valence-corrected chi connectivity index (χ4v) is 3.68. The summed E-state index contributed by atoms with van der Waals surface area (Å²) in [7, 11) is 0. The third-order valence-corrected chi connectivity index (χ3v) is 4.91. The molecule has 29 heavy (non-hydrogen) atoms. The summed E-state index contributed by atoms with van der Waals surface area (Å²) in [5, 5.41) is 23.3. The van der Waals surface area contributed by atoms with Gasteiger partial charge in [-0.15, -0.1) is 10.2 Å². The van der Waals surface area contributed by atoms with Crippen LogP contribution < -0.4 is 10.2 Å². The van der Waals surface area contributed by atoms with Crippen LogP contribution in [-0.4, -0.2) is 45.3 Å². The van der Waals surface area contributed by atoms with Gasteiger partial charge in [-0.3, -0.25) is 10.1 Å². The van der Waals surface area contributed by atoms with E-state index < -0.39 is 4.92 Å².